The van der Waals surface area contributed by atoms with E-state index in [-0.39, 0.29) is 47.6 Å². The van der Waals surface area contributed by atoms with Crippen LogP contribution in [-0.4, -0.2) is 99.1 Å². The van der Waals surface area contributed by atoms with Crippen LogP contribution in [0.2, 0.25) is 0 Å². The van der Waals surface area contributed by atoms with Gasteiger partial charge >= 0.3 is 12.4 Å². The van der Waals surface area contributed by atoms with Gasteiger partial charge in [-0.2, -0.15) is 36.3 Å². The van der Waals surface area contributed by atoms with Crippen molar-refractivity contribution in [3.05, 3.63) is 71.3 Å². The normalized spacial score (nSPS) is 23.0. The summed E-state index contributed by atoms with van der Waals surface area (Å²) in [5, 5.41) is 9.05. The second kappa shape index (κ2) is 16.0. The average Bonchev–Trinajstić information content (AvgIpc) is 3.91. The number of alkyl halides is 8. The molecule has 58 heavy (non-hydrogen) atoms. The fraction of sp³-hybridized carbons (Fsp3) is 0.526. The molecule has 4 aliphatic heterocycles. The van der Waals surface area contributed by atoms with Crippen LogP contribution in [0.4, 0.5) is 70.3 Å². The first-order valence-electron chi connectivity index (χ1n) is 19.4. The number of rotatable bonds is 9. The van der Waals surface area contributed by atoms with Crippen LogP contribution in [0, 0.1) is 0 Å². The van der Waals surface area contributed by atoms with Crippen LogP contribution in [0.1, 0.15) is 72.9 Å². The van der Waals surface area contributed by atoms with E-state index in [2.05, 4.69) is 35.9 Å². The third-order valence-corrected chi connectivity index (χ3v) is 11.1. The number of piperidine rings is 2. The van der Waals surface area contributed by atoms with Crippen molar-refractivity contribution in [2.45, 2.75) is 74.7 Å². The second-order valence-electron chi connectivity index (χ2n) is 15.4. The first kappa shape index (κ1) is 39.8. The molecule has 8 heterocycles. The van der Waals surface area contributed by atoms with E-state index in [4.69, 9.17) is 9.97 Å². The Morgan fingerprint density at radius 3 is 1.81 bits per heavy atom. The molecule has 4 saturated heterocycles. The van der Waals surface area contributed by atoms with Crippen LogP contribution in [0.25, 0.3) is 0 Å². The van der Waals surface area contributed by atoms with Crippen molar-refractivity contribution in [3.8, 4) is 0 Å². The minimum Gasteiger partial charge on any atom is -0.341 e. The molecule has 4 fully saturated rings. The van der Waals surface area contributed by atoms with Gasteiger partial charge < -0.3 is 25.8 Å². The zero-order valence-electron chi connectivity index (χ0n) is 31.3. The molecule has 0 aromatic carbocycles. The molecule has 0 aliphatic carbocycles. The highest BCUT2D eigenvalue weighted by Crippen LogP contribution is 2.38. The third-order valence-electron chi connectivity index (χ3n) is 11.1. The van der Waals surface area contributed by atoms with Crippen molar-refractivity contribution >= 4 is 35.2 Å². The van der Waals surface area contributed by atoms with Gasteiger partial charge in [0.05, 0.1) is 29.1 Å². The number of pyridine rings is 2. The molecule has 3 N–H and O–H groups in total. The van der Waals surface area contributed by atoms with E-state index in [1.165, 1.54) is 4.90 Å². The number of hydrogen-bond acceptors (Lipinski definition) is 12. The molecular weight excluding hydrogens is 776 g/mol. The molecule has 310 valence electrons. The van der Waals surface area contributed by atoms with Crippen LogP contribution in [0.15, 0.2) is 48.8 Å². The highest BCUT2D eigenvalue weighted by Gasteiger charge is 2.45. The number of likely N-dealkylation sites (tertiary alicyclic amines) is 1. The molecule has 0 spiro atoms. The van der Waals surface area contributed by atoms with Crippen molar-refractivity contribution in [2.75, 3.05) is 72.8 Å². The van der Waals surface area contributed by atoms with Crippen molar-refractivity contribution in [1.82, 2.24) is 40.1 Å². The lowest BCUT2D eigenvalue weighted by Crippen LogP contribution is -2.55. The van der Waals surface area contributed by atoms with Crippen molar-refractivity contribution < 1.29 is 35.1 Å². The van der Waals surface area contributed by atoms with E-state index in [0.717, 1.165) is 82.0 Å². The minimum atomic E-state index is -4.59. The van der Waals surface area contributed by atoms with Crippen molar-refractivity contribution in [1.29, 1.82) is 0 Å². The van der Waals surface area contributed by atoms with Gasteiger partial charge in [-0.15, -0.1) is 0 Å². The van der Waals surface area contributed by atoms with Gasteiger partial charge in [0.1, 0.15) is 23.3 Å². The van der Waals surface area contributed by atoms with E-state index in [1.807, 2.05) is 9.80 Å². The second-order valence-corrected chi connectivity index (χ2v) is 15.4. The molecule has 12 nitrogen and oxygen atoms in total. The van der Waals surface area contributed by atoms with Gasteiger partial charge in [-0.1, -0.05) is 0 Å². The van der Waals surface area contributed by atoms with E-state index in [9.17, 15) is 26.3 Å². The predicted octanol–water partition coefficient (Wildman–Crippen LogP) is 7.35. The lowest BCUT2D eigenvalue weighted by atomic mass is 10.0. The van der Waals surface area contributed by atoms with Gasteiger partial charge in [0, 0.05) is 81.5 Å². The monoisotopic (exact) mass is 818 g/mol. The number of halogens is 8. The van der Waals surface area contributed by atoms with Gasteiger partial charge in [0.25, 0.3) is 5.92 Å². The number of nitrogens with one attached hydrogen (secondary N) is 3. The Hall–Kier alpha value is -4.98. The summed E-state index contributed by atoms with van der Waals surface area (Å²) in [6, 6.07) is 6.24. The zero-order valence-corrected chi connectivity index (χ0v) is 31.3. The van der Waals surface area contributed by atoms with Crippen molar-refractivity contribution in [2.24, 2.45) is 0 Å². The quantitative estimate of drug-likeness (QED) is 0.147. The Labute approximate surface area is 328 Å². The van der Waals surface area contributed by atoms with Gasteiger partial charge in [0.15, 0.2) is 0 Å². The van der Waals surface area contributed by atoms with E-state index < -0.39 is 48.4 Å². The Morgan fingerprint density at radius 1 is 0.655 bits per heavy atom. The Balaban J connectivity index is 1.04. The molecule has 4 aliphatic rings. The average molecular weight is 819 g/mol. The number of hydrogen-bond donors (Lipinski definition) is 3. The molecule has 20 heteroatoms. The molecule has 0 bridgehead atoms. The molecule has 4 aromatic heterocycles. The van der Waals surface area contributed by atoms with E-state index in [1.54, 1.807) is 12.1 Å². The highest BCUT2D eigenvalue weighted by atomic mass is 19.4. The molecule has 0 radical (unpaired) electrons. The van der Waals surface area contributed by atoms with Crippen LogP contribution in [0.3, 0.4) is 0 Å². The standard InChI is InChI=1S/C38H42F8N12/c39-36(40)18-27(21-58(22-36)35-50-28(23-4-8-47-19-23)16-32(55-35)52-30-14-25(5-9-48-30)37(41,42)43)57-13-7-24(20-57)29-17-33(54-34(51-29)56-11-2-1-3-12-56)53-31-15-26(6-10-49-31)38(44,45)46/h5-6,9-10,14-17,23-24,27,47H,1-4,7-8,11-13,18-22H2,(H,48,50,52,55)(H,49,51,53,54). The van der Waals surface area contributed by atoms with Crippen LogP contribution < -0.4 is 25.8 Å². The summed E-state index contributed by atoms with van der Waals surface area (Å²) in [5.74, 6) is -2.57. The molecule has 0 saturated carbocycles. The summed E-state index contributed by atoms with van der Waals surface area (Å²) < 4.78 is 112. The summed E-state index contributed by atoms with van der Waals surface area (Å²) >= 11 is 0. The number of nitrogens with zero attached hydrogens (tertiary/aromatic N) is 9. The molecule has 0 amide bonds. The SMILES string of the molecule is FC1(F)CC(N2CCC(c3cc(Nc4cc(C(F)(F)F)ccn4)nc(N4CCCCC4)n3)C2)CN(c2nc(Nc3cc(C(F)(F)F)ccn3)cc(C3CCNC3)n2)C1. The first-order chi connectivity index (χ1) is 27.6. The van der Waals surface area contributed by atoms with E-state index in [0.29, 0.717) is 43.4 Å². The largest absolute Gasteiger partial charge is 0.416 e. The predicted molar refractivity (Wildman–Crippen MR) is 200 cm³/mol. The molecule has 3 unspecified atom stereocenters. The van der Waals surface area contributed by atoms with Crippen LogP contribution in [0.5, 0.6) is 0 Å². The molecule has 4 aromatic rings. The Kier molecular flexibility index (Phi) is 11.0. The maximum absolute atomic E-state index is 15.7. The van der Waals surface area contributed by atoms with Gasteiger partial charge in [-0.25, -0.2) is 28.7 Å². The summed E-state index contributed by atoms with van der Waals surface area (Å²) in [6.45, 7) is 3.20. The van der Waals surface area contributed by atoms with Crippen LogP contribution >= 0.6 is 0 Å². The lowest BCUT2D eigenvalue weighted by molar-refractivity contribution is -0.138. The van der Waals surface area contributed by atoms with Gasteiger partial charge in [0.2, 0.25) is 11.9 Å². The first-order valence-corrected chi connectivity index (χ1v) is 19.4. The number of anilines is 6. The summed E-state index contributed by atoms with van der Waals surface area (Å²) in [5.41, 5.74) is -0.527. The van der Waals surface area contributed by atoms with E-state index >= 15 is 8.78 Å². The zero-order chi connectivity index (χ0) is 40.7. The minimum absolute atomic E-state index is 0.0263. The van der Waals surface area contributed by atoms with Crippen LogP contribution in [-0.2, 0) is 12.4 Å². The Bertz CT molecular complexity index is 2070. The maximum atomic E-state index is 15.7. The summed E-state index contributed by atoms with van der Waals surface area (Å²) in [7, 11) is 0. The lowest BCUT2D eigenvalue weighted by Gasteiger charge is -2.41. The Morgan fingerprint density at radius 2 is 1.24 bits per heavy atom. The topological polar surface area (TPSA) is 123 Å². The smallest absolute Gasteiger partial charge is 0.341 e. The maximum Gasteiger partial charge on any atom is 0.416 e. The highest BCUT2D eigenvalue weighted by molar-refractivity contribution is 5.57. The third kappa shape index (κ3) is 9.32. The van der Waals surface area contributed by atoms with Crippen molar-refractivity contribution in [3.63, 3.8) is 0 Å². The van der Waals surface area contributed by atoms with Gasteiger partial charge in [-0.05, 0) is 69.5 Å². The molecule has 3 atom stereocenters. The molecule has 8 rings (SSSR count). The molecular formula is C38H42F8N12. The fourth-order valence-electron chi connectivity index (χ4n) is 8.18. The summed E-state index contributed by atoms with van der Waals surface area (Å²) in [4.78, 5) is 32.4. The fourth-order valence-corrected chi connectivity index (χ4v) is 8.18. The van der Waals surface area contributed by atoms with Gasteiger partial charge in [-0.3, -0.25) is 4.90 Å². The number of aromatic nitrogens is 6. The summed E-state index contributed by atoms with van der Waals surface area (Å²) in [6.07, 6.45) is -3.15.